The lowest BCUT2D eigenvalue weighted by atomic mass is 10.1. The minimum atomic E-state index is 0.0488. The monoisotopic (exact) mass is 602 g/mol. The van der Waals surface area contributed by atoms with E-state index >= 15 is 0 Å². The molecule has 0 rings (SSSR count). The fourth-order valence-corrected chi connectivity index (χ4v) is 6.04. The van der Waals surface area contributed by atoms with E-state index in [4.69, 9.17) is 0 Å². The lowest BCUT2D eigenvalue weighted by Gasteiger charge is -2.07. The first-order valence-electron chi connectivity index (χ1n) is 15.7. The van der Waals surface area contributed by atoms with Gasteiger partial charge < -0.3 is 21.3 Å². The molecule has 0 heterocycles. The molecule has 0 atom stereocenters. The topological polar surface area (TPSA) is 116 Å². The van der Waals surface area contributed by atoms with Gasteiger partial charge in [0.15, 0.2) is 0 Å². The summed E-state index contributed by atoms with van der Waals surface area (Å²) >= 11 is 0. The Hall–Kier alpha value is -1.42. The van der Waals surface area contributed by atoms with E-state index < -0.39 is 0 Å². The molecule has 8 nitrogen and oxygen atoms in total. The van der Waals surface area contributed by atoms with Crippen LogP contribution < -0.4 is 21.3 Å². The number of hydrogen-bond donors (Lipinski definition) is 4. The van der Waals surface area contributed by atoms with Crippen molar-refractivity contribution in [1.82, 2.24) is 21.3 Å². The molecule has 0 aromatic heterocycles. The van der Waals surface area contributed by atoms with E-state index in [1.807, 2.05) is 0 Å². The van der Waals surface area contributed by atoms with Gasteiger partial charge >= 0.3 is 0 Å². The molecule has 10 heteroatoms. The first-order chi connectivity index (χ1) is 19.4. The van der Waals surface area contributed by atoms with Crippen LogP contribution in [0.4, 0.5) is 0 Å². The second kappa shape index (κ2) is 30.5. The van der Waals surface area contributed by atoms with Crippen molar-refractivity contribution >= 4 is 45.2 Å². The maximum Gasteiger partial charge on any atom is 0.220 e. The smallest absolute Gasteiger partial charge is 0.220 e. The number of carbonyl (C=O) groups is 4. The predicted molar refractivity (Wildman–Crippen MR) is 171 cm³/mol. The summed E-state index contributed by atoms with van der Waals surface area (Å²) < 4.78 is 0. The summed E-state index contributed by atoms with van der Waals surface area (Å²) in [7, 11) is 3.48. The van der Waals surface area contributed by atoms with Crippen LogP contribution in [0, 0.1) is 0 Å². The van der Waals surface area contributed by atoms with Crippen LogP contribution in [0.2, 0.25) is 0 Å². The van der Waals surface area contributed by atoms with E-state index in [-0.39, 0.29) is 23.6 Å². The van der Waals surface area contributed by atoms with Crippen molar-refractivity contribution in [3.05, 3.63) is 0 Å². The Kier molecular flexibility index (Phi) is 29.5. The fourth-order valence-electron chi connectivity index (χ4n) is 4.23. The van der Waals surface area contributed by atoms with Crippen LogP contribution >= 0.6 is 21.6 Å². The molecule has 0 unspecified atom stereocenters. The first-order valence-corrected chi connectivity index (χ1v) is 18.2. The zero-order chi connectivity index (χ0) is 29.5. The van der Waals surface area contributed by atoms with Gasteiger partial charge in [-0.15, -0.1) is 0 Å². The molecule has 0 aromatic rings. The Balaban J connectivity index is 3.27. The highest BCUT2D eigenvalue weighted by atomic mass is 33.1. The molecule has 4 N–H and O–H groups in total. The molecule has 0 saturated carbocycles. The molecule has 0 fully saturated rings. The molecule has 0 spiro atoms. The van der Waals surface area contributed by atoms with Crippen LogP contribution in [0.25, 0.3) is 0 Å². The summed E-state index contributed by atoms with van der Waals surface area (Å²) in [5.41, 5.74) is 0. The van der Waals surface area contributed by atoms with E-state index in [0.29, 0.717) is 25.9 Å². The maximum atomic E-state index is 11.9. The highest BCUT2D eigenvalue weighted by Gasteiger charge is 2.03. The number of unbranched alkanes of at least 4 members (excludes halogenated alkanes) is 14. The second-order valence-electron chi connectivity index (χ2n) is 10.5. The highest BCUT2D eigenvalue weighted by molar-refractivity contribution is 8.76. The standard InChI is InChI=1S/C30H58N4O4S2/c1-27(35)31-21-17-13-9-5-3-7-11-15-19-29(37)33-23-25-39-40-26-24-34-30(38)20-16-12-8-4-6-10-14-18-22-32-28(2)36/h3-26H2,1-2H3,(H,31,35)(H,32,36)(H,33,37)(H,34,38). The van der Waals surface area contributed by atoms with E-state index in [1.165, 1.54) is 64.2 Å². The molecule has 40 heavy (non-hydrogen) atoms. The van der Waals surface area contributed by atoms with Gasteiger partial charge in [0.25, 0.3) is 0 Å². The zero-order valence-corrected chi connectivity index (χ0v) is 27.1. The molecule has 0 aliphatic heterocycles. The third-order valence-electron chi connectivity index (χ3n) is 6.51. The van der Waals surface area contributed by atoms with Crippen molar-refractivity contribution in [1.29, 1.82) is 0 Å². The quantitative estimate of drug-likeness (QED) is 0.0626. The van der Waals surface area contributed by atoms with Crippen LogP contribution in [-0.4, -0.2) is 61.3 Å². The zero-order valence-electron chi connectivity index (χ0n) is 25.4. The van der Waals surface area contributed by atoms with Crippen molar-refractivity contribution in [3.8, 4) is 0 Å². The summed E-state index contributed by atoms with van der Waals surface area (Å²) in [6.45, 7) is 6.06. The SMILES string of the molecule is CC(=O)NCCCCCCCCCCC(=O)NCCSSCCNC(=O)CCCCCCCCCCNC(C)=O. The molecule has 234 valence electrons. The van der Waals surface area contributed by atoms with Crippen LogP contribution in [-0.2, 0) is 19.2 Å². The first kappa shape index (κ1) is 38.6. The Morgan fingerprint density at radius 2 is 0.700 bits per heavy atom. The Labute approximate surface area is 252 Å². The van der Waals surface area contributed by atoms with Gasteiger partial charge in [-0.3, -0.25) is 19.2 Å². The summed E-state index contributed by atoms with van der Waals surface area (Å²) in [5, 5.41) is 11.7. The van der Waals surface area contributed by atoms with Crippen LogP contribution in [0.5, 0.6) is 0 Å². The average Bonchev–Trinajstić information content (AvgIpc) is 2.91. The van der Waals surface area contributed by atoms with Crippen molar-refractivity contribution < 1.29 is 19.2 Å². The van der Waals surface area contributed by atoms with Crippen LogP contribution in [0.3, 0.4) is 0 Å². The molecule has 0 saturated heterocycles. The molecular formula is C30H58N4O4S2. The van der Waals surface area contributed by atoms with Gasteiger partial charge in [0.2, 0.25) is 23.6 Å². The fraction of sp³-hybridized carbons (Fsp3) is 0.867. The Morgan fingerprint density at radius 3 is 1.02 bits per heavy atom. The summed E-state index contributed by atoms with van der Waals surface area (Å²) in [5.74, 6) is 2.15. The lowest BCUT2D eigenvalue weighted by molar-refractivity contribution is -0.121. The van der Waals surface area contributed by atoms with Gasteiger partial charge in [0.1, 0.15) is 0 Å². The highest BCUT2D eigenvalue weighted by Crippen LogP contribution is 2.19. The normalized spacial score (nSPS) is 10.8. The summed E-state index contributed by atoms with van der Waals surface area (Å²) in [6.07, 6.45) is 19.5. The van der Waals surface area contributed by atoms with Crippen molar-refractivity contribution in [2.45, 2.75) is 129 Å². The third-order valence-corrected chi connectivity index (χ3v) is 8.92. The minimum absolute atomic E-state index is 0.0488. The van der Waals surface area contributed by atoms with Gasteiger partial charge in [-0.05, 0) is 25.7 Å². The number of hydrogen-bond acceptors (Lipinski definition) is 6. The molecular weight excluding hydrogens is 544 g/mol. The second-order valence-corrected chi connectivity index (χ2v) is 13.2. The number of rotatable bonds is 29. The average molecular weight is 603 g/mol. The largest absolute Gasteiger partial charge is 0.356 e. The third kappa shape index (κ3) is 32.8. The van der Waals surface area contributed by atoms with Gasteiger partial charge in [-0.2, -0.15) is 0 Å². The van der Waals surface area contributed by atoms with Crippen molar-refractivity contribution in [3.63, 3.8) is 0 Å². The van der Waals surface area contributed by atoms with E-state index in [9.17, 15) is 19.2 Å². The number of carbonyl (C=O) groups excluding carboxylic acids is 4. The van der Waals surface area contributed by atoms with E-state index in [2.05, 4.69) is 21.3 Å². The van der Waals surface area contributed by atoms with Crippen molar-refractivity contribution in [2.75, 3.05) is 37.7 Å². The van der Waals surface area contributed by atoms with Crippen LogP contribution in [0.15, 0.2) is 0 Å². The summed E-state index contributed by atoms with van der Waals surface area (Å²) in [6, 6.07) is 0. The Bertz CT molecular complexity index is 599. The van der Waals surface area contributed by atoms with E-state index in [1.54, 1.807) is 35.4 Å². The lowest BCUT2D eigenvalue weighted by Crippen LogP contribution is -2.26. The molecule has 0 bridgehead atoms. The maximum absolute atomic E-state index is 11.9. The molecule has 0 aliphatic carbocycles. The molecule has 0 aliphatic rings. The number of amides is 4. The van der Waals surface area contributed by atoms with Crippen molar-refractivity contribution in [2.24, 2.45) is 0 Å². The number of nitrogens with one attached hydrogen (secondary N) is 4. The minimum Gasteiger partial charge on any atom is -0.356 e. The van der Waals surface area contributed by atoms with E-state index in [0.717, 1.165) is 63.1 Å². The summed E-state index contributed by atoms with van der Waals surface area (Å²) in [4.78, 5) is 45.5. The molecule has 0 aromatic carbocycles. The van der Waals surface area contributed by atoms with Gasteiger partial charge in [0.05, 0.1) is 0 Å². The van der Waals surface area contributed by atoms with Crippen LogP contribution in [0.1, 0.15) is 129 Å². The van der Waals surface area contributed by atoms with Gasteiger partial charge in [-0.25, -0.2) is 0 Å². The molecule has 4 amide bonds. The Morgan fingerprint density at radius 1 is 0.400 bits per heavy atom. The van der Waals surface area contributed by atoms with Gasteiger partial charge in [0, 0.05) is 64.4 Å². The van der Waals surface area contributed by atoms with Gasteiger partial charge in [-0.1, -0.05) is 98.6 Å². The predicted octanol–water partition coefficient (Wildman–Crippen LogP) is 5.89. The molecule has 0 radical (unpaired) electrons.